The third-order valence-corrected chi connectivity index (χ3v) is 18.4. The number of aromatic nitrogens is 1. The second-order valence-corrected chi connectivity index (χ2v) is 23.2. The predicted octanol–water partition coefficient (Wildman–Crippen LogP) is 19.3. The van der Waals surface area contributed by atoms with Crippen LogP contribution >= 0.6 is 0 Å². The van der Waals surface area contributed by atoms with Crippen molar-refractivity contribution >= 4 is 78.1 Å². The predicted molar refractivity (Wildman–Crippen MR) is 323 cm³/mol. The summed E-state index contributed by atoms with van der Waals surface area (Å²) in [5.41, 5.74) is 23.2. The zero-order chi connectivity index (χ0) is 53.3. The van der Waals surface area contributed by atoms with E-state index in [1.54, 1.807) is 0 Å². The number of nitrogens with zero attached hydrogens (tertiary/aromatic N) is 4. The van der Waals surface area contributed by atoms with Gasteiger partial charge in [0.1, 0.15) is 34.0 Å². The van der Waals surface area contributed by atoms with E-state index in [0.29, 0.717) is 11.4 Å². The molecule has 0 radical (unpaired) electrons. The first kappa shape index (κ1) is 45.1. The first-order valence-corrected chi connectivity index (χ1v) is 27.7. The van der Waals surface area contributed by atoms with Gasteiger partial charge in [0.25, 0.3) is 0 Å². The second-order valence-electron chi connectivity index (χ2n) is 23.2. The molecule has 10 aromatic carbocycles. The average Bonchev–Trinajstić information content (AvgIpc) is 4.19. The van der Waals surface area contributed by atoms with Crippen molar-refractivity contribution in [2.24, 2.45) is 0 Å². The lowest BCUT2D eigenvalue weighted by atomic mass is 9.62. The molecular weight excluding hydrogens is 977 g/mol. The van der Waals surface area contributed by atoms with Gasteiger partial charge in [-0.15, -0.1) is 0 Å². The van der Waals surface area contributed by atoms with E-state index in [1.807, 2.05) is 12.1 Å². The summed E-state index contributed by atoms with van der Waals surface area (Å²) in [6, 6.07) is 81.5. The van der Waals surface area contributed by atoms with Crippen molar-refractivity contribution < 1.29 is 8.83 Å². The average molecular weight is 1030 g/mol. The van der Waals surface area contributed by atoms with Crippen molar-refractivity contribution in [3.63, 3.8) is 0 Å². The molecule has 18 rings (SSSR count). The summed E-state index contributed by atoms with van der Waals surface area (Å²) in [5, 5.41) is 16.9. The lowest BCUT2D eigenvalue weighted by Crippen LogP contribution is -2.36. The molecule has 0 unspecified atom stereocenters. The van der Waals surface area contributed by atoms with Crippen molar-refractivity contribution in [3.8, 4) is 28.3 Å². The van der Waals surface area contributed by atoms with Crippen LogP contribution in [0.25, 0.3) is 66.1 Å². The lowest BCUT2D eigenvalue weighted by Gasteiger charge is -2.48. The van der Waals surface area contributed by atoms with Crippen LogP contribution < -0.4 is 9.80 Å². The number of hydrogen-bond donors (Lipinski definition) is 0. The van der Waals surface area contributed by atoms with Crippen LogP contribution in [0.1, 0.15) is 101 Å². The van der Waals surface area contributed by atoms with Crippen molar-refractivity contribution in [1.82, 2.24) is 4.98 Å². The summed E-state index contributed by atoms with van der Waals surface area (Å²) in [4.78, 5) is 10.8. The smallest absolute Gasteiger partial charge is 0.158 e. The summed E-state index contributed by atoms with van der Waals surface area (Å²) in [6.45, 7) is 9.31. The highest BCUT2D eigenvalue weighted by molar-refractivity contribution is 6.11. The normalized spacial score (nSPS) is 16.6. The molecule has 5 aliphatic rings. The fraction of sp³-hybridized carbons (Fsp3) is 0.108. The molecule has 0 N–H and O–H groups in total. The van der Waals surface area contributed by atoms with Crippen LogP contribution in [0, 0.1) is 11.3 Å². The number of hydrogen-bond acceptors (Lipinski definition) is 6. The van der Waals surface area contributed by atoms with Gasteiger partial charge in [-0.1, -0.05) is 185 Å². The molecule has 6 nitrogen and oxygen atoms in total. The fourth-order valence-corrected chi connectivity index (χ4v) is 14.8. The molecule has 0 atom stereocenters. The highest BCUT2D eigenvalue weighted by Crippen LogP contribution is 2.65. The van der Waals surface area contributed by atoms with Gasteiger partial charge in [-0.2, -0.15) is 5.26 Å². The molecule has 2 aliphatic heterocycles. The molecular formula is C74H50N4O2. The van der Waals surface area contributed by atoms with E-state index >= 15 is 0 Å². The maximum absolute atomic E-state index is 12.7. The quantitative estimate of drug-likeness (QED) is 0.175. The second kappa shape index (κ2) is 16.1. The lowest BCUT2D eigenvalue weighted by molar-refractivity contribution is 0.601. The molecule has 378 valence electrons. The number of rotatable bonds is 4. The van der Waals surface area contributed by atoms with Gasteiger partial charge in [0.2, 0.25) is 0 Å². The van der Waals surface area contributed by atoms with Gasteiger partial charge in [0, 0.05) is 55.0 Å². The minimum absolute atomic E-state index is 0.218. The van der Waals surface area contributed by atoms with Crippen LogP contribution in [0.5, 0.6) is 0 Å². The van der Waals surface area contributed by atoms with E-state index in [0.717, 1.165) is 128 Å². The Bertz CT molecular complexity index is 4830. The Morgan fingerprint density at radius 2 is 0.850 bits per heavy atom. The van der Waals surface area contributed by atoms with Crippen LogP contribution in [0.3, 0.4) is 0 Å². The summed E-state index contributed by atoms with van der Waals surface area (Å²) in [6.07, 6.45) is 0. The standard InChI is InChI=1S/C74H50N4O2/c1-73(2)55-39-44(42-19-7-5-8-20-42)31-35-57(55)77(59-37-33-52-46-23-15-17-29-61(46)79-70(52)66(59)73)69-54(41-75)72(76-68-64-50-27-13-11-25-48(50)63(65(68)69)49-26-12-14-28-51(49)64)78-58-36-32-45(43-21-9-6-10-22-43)40-56(58)74(3,4)67-60(78)38-34-53-47-24-16-18-30-62(47)80-71(53)67/h5-40,63-64H,1-4H3. The number of anilines is 6. The third kappa shape index (κ3) is 5.88. The third-order valence-electron chi connectivity index (χ3n) is 18.4. The van der Waals surface area contributed by atoms with Crippen LogP contribution in [-0.2, 0) is 10.8 Å². The number of nitriles is 1. The largest absolute Gasteiger partial charge is 0.456 e. The van der Waals surface area contributed by atoms with Gasteiger partial charge >= 0.3 is 0 Å². The van der Waals surface area contributed by atoms with Gasteiger partial charge in [0.05, 0.1) is 40.0 Å². The van der Waals surface area contributed by atoms with E-state index < -0.39 is 10.8 Å². The maximum atomic E-state index is 12.7. The van der Waals surface area contributed by atoms with Crippen LogP contribution in [0.2, 0.25) is 0 Å². The zero-order valence-corrected chi connectivity index (χ0v) is 44.5. The van der Waals surface area contributed by atoms with Gasteiger partial charge in [-0.05, 0) is 116 Å². The summed E-state index contributed by atoms with van der Waals surface area (Å²) >= 11 is 0. The van der Waals surface area contributed by atoms with Gasteiger partial charge in [-0.3, -0.25) is 4.90 Å². The minimum atomic E-state index is -0.565. The molecule has 0 saturated heterocycles. The Hall–Kier alpha value is -9.96. The van der Waals surface area contributed by atoms with Crippen molar-refractivity contribution in [1.29, 1.82) is 5.26 Å². The van der Waals surface area contributed by atoms with Crippen LogP contribution in [-0.4, -0.2) is 4.98 Å². The van der Waals surface area contributed by atoms with Crippen LogP contribution in [0.15, 0.2) is 227 Å². The van der Waals surface area contributed by atoms with Crippen molar-refractivity contribution in [3.05, 3.63) is 280 Å². The first-order chi connectivity index (χ1) is 39.2. The van der Waals surface area contributed by atoms with E-state index in [4.69, 9.17) is 13.8 Å². The zero-order valence-electron chi connectivity index (χ0n) is 44.5. The van der Waals surface area contributed by atoms with Gasteiger partial charge in [0.15, 0.2) is 5.82 Å². The molecule has 0 fully saturated rings. The molecule has 0 spiro atoms. The monoisotopic (exact) mass is 1030 g/mol. The number of furan rings is 2. The Morgan fingerprint density at radius 3 is 1.35 bits per heavy atom. The molecule has 0 saturated carbocycles. The molecule has 80 heavy (non-hydrogen) atoms. The van der Waals surface area contributed by atoms with Crippen LogP contribution in [0.4, 0.5) is 34.3 Å². The number of para-hydroxylation sites is 2. The maximum Gasteiger partial charge on any atom is 0.158 e. The Kier molecular flexibility index (Phi) is 9.06. The molecule has 2 bridgehead atoms. The summed E-state index contributed by atoms with van der Waals surface area (Å²) < 4.78 is 14.2. The van der Waals surface area contributed by atoms with Crippen molar-refractivity contribution in [2.75, 3.05) is 9.80 Å². The molecule has 5 heterocycles. The minimum Gasteiger partial charge on any atom is -0.456 e. The molecule has 3 aromatic heterocycles. The van der Waals surface area contributed by atoms with E-state index in [-0.39, 0.29) is 11.8 Å². The highest BCUT2D eigenvalue weighted by atomic mass is 16.3. The number of pyridine rings is 1. The van der Waals surface area contributed by atoms with E-state index in [1.165, 1.54) is 22.3 Å². The molecule has 13 aromatic rings. The highest BCUT2D eigenvalue weighted by Gasteiger charge is 2.50. The Balaban J connectivity index is 1.03. The summed E-state index contributed by atoms with van der Waals surface area (Å²) in [5.74, 6) is 0.128. The van der Waals surface area contributed by atoms with Gasteiger partial charge in [-0.25, -0.2) is 4.98 Å². The van der Waals surface area contributed by atoms with E-state index in [2.05, 4.69) is 250 Å². The van der Waals surface area contributed by atoms with E-state index in [9.17, 15) is 5.26 Å². The molecule has 3 aliphatic carbocycles. The number of fused-ring (bicyclic) bond motifs is 12. The molecule has 0 amide bonds. The van der Waals surface area contributed by atoms with Gasteiger partial charge < -0.3 is 13.7 Å². The number of benzene rings is 10. The topological polar surface area (TPSA) is 69.4 Å². The Labute approximate surface area is 463 Å². The first-order valence-electron chi connectivity index (χ1n) is 27.7. The SMILES string of the molecule is CC1(C)c2cc(-c3ccccc3)ccc2N(c2nc3c(c(N4c5ccc(-c6ccccc6)cc5C(C)(C)c5c4ccc4c5oc5ccccc54)c2C#N)C2c4ccccc4C3c3ccccc32)c2ccc3c(oc4ccccc43)c21. The molecule has 6 heteroatoms. The summed E-state index contributed by atoms with van der Waals surface area (Å²) in [7, 11) is 0. The van der Waals surface area contributed by atoms with Crippen molar-refractivity contribution in [2.45, 2.75) is 50.4 Å². The Morgan fingerprint density at radius 1 is 0.425 bits per heavy atom. The fourth-order valence-electron chi connectivity index (χ4n) is 14.8.